The Morgan fingerprint density at radius 1 is 1.37 bits per heavy atom. The zero-order valence-electron chi connectivity index (χ0n) is 10.1. The lowest BCUT2D eigenvalue weighted by molar-refractivity contribution is 0.143. The number of aliphatic hydroxyl groups excluding tert-OH is 1. The number of halogens is 2. The summed E-state index contributed by atoms with van der Waals surface area (Å²) in [6.07, 6.45) is 2.27. The molecule has 100 valence electrons. The quantitative estimate of drug-likeness (QED) is 0.909. The third-order valence-corrected chi connectivity index (χ3v) is 3.52. The van der Waals surface area contributed by atoms with Gasteiger partial charge in [0.2, 0.25) is 0 Å². The molecule has 5 heteroatoms. The van der Waals surface area contributed by atoms with E-state index in [1.807, 2.05) is 6.07 Å². The van der Waals surface area contributed by atoms with Crippen LogP contribution in [0.2, 0.25) is 0 Å². The lowest BCUT2D eigenvalue weighted by Gasteiger charge is -2.22. The molecule has 3 nitrogen and oxygen atoms in total. The molecule has 0 saturated heterocycles. The first-order valence-electron chi connectivity index (χ1n) is 5.86. The number of aliphatic hydroxyl groups is 1. The summed E-state index contributed by atoms with van der Waals surface area (Å²) in [6, 6.07) is 8.07. The van der Waals surface area contributed by atoms with Crippen molar-refractivity contribution in [2.45, 2.75) is 12.0 Å². The Bertz CT molecular complexity index is 550. The van der Waals surface area contributed by atoms with Crippen molar-refractivity contribution in [1.82, 2.24) is 4.98 Å². The lowest BCUT2D eigenvalue weighted by atomic mass is 9.90. The monoisotopic (exact) mass is 324 g/mol. The van der Waals surface area contributed by atoms with Crippen LogP contribution in [0.15, 0.2) is 47.2 Å². The van der Waals surface area contributed by atoms with Gasteiger partial charge in [0.05, 0.1) is 6.10 Å². The molecular weight excluding hydrogens is 311 g/mol. The van der Waals surface area contributed by atoms with Gasteiger partial charge in [0.1, 0.15) is 5.82 Å². The van der Waals surface area contributed by atoms with Gasteiger partial charge in [0, 0.05) is 34.9 Å². The van der Waals surface area contributed by atoms with Crippen molar-refractivity contribution in [3.8, 4) is 0 Å². The van der Waals surface area contributed by atoms with E-state index in [-0.39, 0.29) is 12.1 Å². The molecule has 3 N–H and O–H groups in total. The van der Waals surface area contributed by atoms with E-state index in [0.717, 1.165) is 5.56 Å². The molecule has 1 aromatic carbocycles. The van der Waals surface area contributed by atoms with E-state index in [4.69, 9.17) is 5.73 Å². The van der Waals surface area contributed by atoms with Crippen molar-refractivity contribution in [3.05, 3.63) is 64.1 Å². The third kappa shape index (κ3) is 3.18. The highest BCUT2D eigenvalue weighted by Crippen LogP contribution is 2.32. The molecule has 0 aliphatic rings. The topological polar surface area (TPSA) is 59.1 Å². The number of hydrogen-bond acceptors (Lipinski definition) is 3. The summed E-state index contributed by atoms with van der Waals surface area (Å²) in [4.78, 5) is 4.00. The van der Waals surface area contributed by atoms with Crippen molar-refractivity contribution >= 4 is 15.9 Å². The minimum atomic E-state index is -1.01. The minimum Gasteiger partial charge on any atom is -0.388 e. The van der Waals surface area contributed by atoms with Crippen molar-refractivity contribution in [2.24, 2.45) is 5.73 Å². The normalized spacial score (nSPS) is 14.1. The maximum Gasteiger partial charge on any atom is 0.129 e. The number of aromatic nitrogens is 1. The van der Waals surface area contributed by atoms with Gasteiger partial charge in [-0.2, -0.15) is 0 Å². The van der Waals surface area contributed by atoms with E-state index < -0.39 is 17.8 Å². The molecule has 0 bridgehead atoms. The Morgan fingerprint density at radius 2 is 2.16 bits per heavy atom. The molecule has 19 heavy (non-hydrogen) atoms. The largest absolute Gasteiger partial charge is 0.388 e. The van der Waals surface area contributed by atoms with Crippen molar-refractivity contribution in [3.63, 3.8) is 0 Å². The van der Waals surface area contributed by atoms with Gasteiger partial charge < -0.3 is 10.8 Å². The number of nitrogens with two attached hydrogens (primary N) is 1. The molecule has 2 aromatic rings. The van der Waals surface area contributed by atoms with Crippen LogP contribution in [0, 0.1) is 5.82 Å². The van der Waals surface area contributed by atoms with Gasteiger partial charge in [-0.25, -0.2) is 4.39 Å². The van der Waals surface area contributed by atoms with Crippen molar-refractivity contribution in [2.75, 3.05) is 6.54 Å². The summed E-state index contributed by atoms with van der Waals surface area (Å²) in [5.74, 6) is -0.837. The van der Waals surface area contributed by atoms with Gasteiger partial charge in [-0.3, -0.25) is 4.98 Å². The Balaban J connectivity index is 2.36. The highest BCUT2D eigenvalue weighted by atomic mass is 79.9. The number of rotatable bonds is 4. The summed E-state index contributed by atoms with van der Waals surface area (Å²) in [5.41, 5.74) is 6.73. The fraction of sp³-hybridized carbons (Fsp3) is 0.214. The maximum atomic E-state index is 13.8. The zero-order valence-corrected chi connectivity index (χ0v) is 11.7. The molecule has 0 amide bonds. The average molecular weight is 325 g/mol. The molecule has 0 saturated carbocycles. The standard InChI is InChI=1S/C14H14BrFN2O/c15-10-3-4-13(16)11(6-10)14(19)12(7-17)9-2-1-5-18-8-9/h1-6,8,12,14,19H,7,17H2. The van der Waals surface area contributed by atoms with Gasteiger partial charge in [-0.1, -0.05) is 22.0 Å². The first kappa shape index (κ1) is 14.1. The van der Waals surface area contributed by atoms with Crippen molar-refractivity contribution < 1.29 is 9.50 Å². The van der Waals surface area contributed by atoms with Crippen LogP contribution in [-0.4, -0.2) is 16.6 Å². The van der Waals surface area contributed by atoms with Crippen LogP contribution in [0.5, 0.6) is 0 Å². The first-order chi connectivity index (χ1) is 9.13. The van der Waals surface area contributed by atoms with Gasteiger partial charge in [-0.15, -0.1) is 0 Å². The van der Waals surface area contributed by atoms with E-state index in [2.05, 4.69) is 20.9 Å². The molecule has 0 radical (unpaired) electrons. The van der Waals surface area contributed by atoms with E-state index in [1.165, 1.54) is 6.07 Å². The second-order valence-electron chi connectivity index (χ2n) is 4.24. The van der Waals surface area contributed by atoms with Crippen LogP contribution < -0.4 is 5.73 Å². The van der Waals surface area contributed by atoms with Crippen LogP contribution in [0.3, 0.4) is 0 Å². The number of nitrogens with zero attached hydrogens (tertiary/aromatic N) is 1. The number of hydrogen-bond donors (Lipinski definition) is 2. The first-order valence-corrected chi connectivity index (χ1v) is 6.65. The number of benzene rings is 1. The van der Waals surface area contributed by atoms with Crippen molar-refractivity contribution in [1.29, 1.82) is 0 Å². The molecular formula is C14H14BrFN2O. The van der Waals surface area contributed by atoms with Crippen LogP contribution in [0.25, 0.3) is 0 Å². The second-order valence-corrected chi connectivity index (χ2v) is 5.15. The Morgan fingerprint density at radius 3 is 2.79 bits per heavy atom. The predicted octanol–water partition coefficient (Wildman–Crippen LogP) is 2.76. The molecule has 1 aromatic heterocycles. The minimum absolute atomic E-state index is 0.207. The van der Waals surface area contributed by atoms with E-state index in [0.29, 0.717) is 4.47 Å². The summed E-state index contributed by atoms with van der Waals surface area (Å²) in [6.45, 7) is 0.207. The fourth-order valence-corrected chi connectivity index (χ4v) is 2.38. The molecule has 2 unspecified atom stereocenters. The second kappa shape index (κ2) is 6.23. The molecule has 0 fully saturated rings. The van der Waals surface area contributed by atoms with Crippen LogP contribution in [0.4, 0.5) is 4.39 Å². The zero-order chi connectivity index (χ0) is 13.8. The molecule has 0 aliphatic heterocycles. The molecule has 0 aliphatic carbocycles. The smallest absolute Gasteiger partial charge is 0.129 e. The summed E-state index contributed by atoms with van der Waals surface area (Å²) >= 11 is 3.27. The van der Waals surface area contributed by atoms with Crippen LogP contribution in [-0.2, 0) is 0 Å². The van der Waals surface area contributed by atoms with Crippen LogP contribution in [0.1, 0.15) is 23.1 Å². The summed E-state index contributed by atoms with van der Waals surface area (Å²) < 4.78 is 14.5. The summed E-state index contributed by atoms with van der Waals surface area (Å²) in [5, 5.41) is 10.4. The van der Waals surface area contributed by atoms with Gasteiger partial charge in [0.25, 0.3) is 0 Å². The highest BCUT2D eigenvalue weighted by molar-refractivity contribution is 9.10. The van der Waals surface area contributed by atoms with Gasteiger partial charge >= 0.3 is 0 Å². The molecule has 0 spiro atoms. The molecule has 2 rings (SSSR count). The lowest BCUT2D eigenvalue weighted by Crippen LogP contribution is -2.21. The summed E-state index contributed by atoms with van der Waals surface area (Å²) in [7, 11) is 0. The highest BCUT2D eigenvalue weighted by Gasteiger charge is 2.24. The SMILES string of the molecule is NCC(c1cccnc1)C(O)c1cc(Br)ccc1F. The van der Waals surface area contributed by atoms with E-state index >= 15 is 0 Å². The van der Waals surface area contributed by atoms with Gasteiger partial charge in [-0.05, 0) is 29.8 Å². The molecule has 2 atom stereocenters. The predicted molar refractivity (Wildman–Crippen MR) is 75.1 cm³/mol. The average Bonchev–Trinajstić information content (AvgIpc) is 2.43. The van der Waals surface area contributed by atoms with Crippen LogP contribution >= 0.6 is 15.9 Å². The Hall–Kier alpha value is -1.30. The van der Waals surface area contributed by atoms with E-state index in [9.17, 15) is 9.50 Å². The number of pyridine rings is 1. The fourth-order valence-electron chi connectivity index (χ4n) is 2.00. The molecule has 1 heterocycles. The third-order valence-electron chi connectivity index (χ3n) is 3.02. The Labute approximate surface area is 119 Å². The van der Waals surface area contributed by atoms with Gasteiger partial charge in [0.15, 0.2) is 0 Å². The Kier molecular flexibility index (Phi) is 4.63. The maximum absolute atomic E-state index is 13.8. The van der Waals surface area contributed by atoms with E-state index in [1.54, 1.807) is 30.6 Å².